The summed E-state index contributed by atoms with van der Waals surface area (Å²) in [6, 6.07) is 7.70. The van der Waals surface area contributed by atoms with Crippen molar-refractivity contribution in [1.82, 2.24) is 15.1 Å². The number of benzene rings is 2. The molecule has 1 N–H and O–H groups in total. The topological polar surface area (TPSA) is 29.9 Å². The molecule has 0 bridgehead atoms. The van der Waals surface area contributed by atoms with Crippen LogP contribution in [0.5, 0.6) is 0 Å². The predicted molar refractivity (Wildman–Crippen MR) is 94.9 cm³/mol. The van der Waals surface area contributed by atoms with E-state index in [1.165, 1.54) is 22.9 Å². The number of hydrogen-bond donors (Lipinski definition) is 1. The Morgan fingerprint density at radius 2 is 1.92 bits per heavy atom. The average Bonchev–Trinajstić information content (AvgIpc) is 2.96. The largest absolute Gasteiger partial charge is 0.306 e. The lowest BCUT2D eigenvalue weighted by molar-refractivity contribution is 0.542. The molecule has 3 aromatic rings. The summed E-state index contributed by atoms with van der Waals surface area (Å²) in [6.07, 6.45) is 1.61. The third-order valence-corrected chi connectivity index (χ3v) is 4.65. The van der Waals surface area contributed by atoms with Crippen molar-refractivity contribution in [2.24, 2.45) is 0 Å². The van der Waals surface area contributed by atoms with Crippen molar-refractivity contribution in [3.63, 3.8) is 0 Å². The van der Waals surface area contributed by atoms with Gasteiger partial charge in [0.15, 0.2) is 5.82 Å². The van der Waals surface area contributed by atoms with Crippen LogP contribution < -0.4 is 5.32 Å². The van der Waals surface area contributed by atoms with Gasteiger partial charge in [0.2, 0.25) is 0 Å². The summed E-state index contributed by atoms with van der Waals surface area (Å²) < 4.78 is 42.4. The summed E-state index contributed by atoms with van der Waals surface area (Å²) in [7, 11) is 0. The second kappa shape index (κ2) is 7.51. The van der Waals surface area contributed by atoms with E-state index in [0.717, 1.165) is 11.6 Å². The lowest BCUT2D eigenvalue weighted by atomic mass is 10.1. The highest BCUT2D eigenvalue weighted by Crippen LogP contribution is 2.24. The molecule has 7 heteroatoms. The molecule has 1 heterocycles. The van der Waals surface area contributed by atoms with Gasteiger partial charge in [-0.3, -0.25) is 0 Å². The van der Waals surface area contributed by atoms with Crippen LogP contribution in [0.1, 0.15) is 29.8 Å². The van der Waals surface area contributed by atoms with Gasteiger partial charge in [-0.1, -0.05) is 17.7 Å². The van der Waals surface area contributed by atoms with E-state index < -0.39 is 11.6 Å². The summed E-state index contributed by atoms with van der Waals surface area (Å²) in [4.78, 5) is 0. The highest BCUT2D eigenvalue weighted by Gasteiger charge is 2.17. The Labute approximate surface area is 154 Å². The maximum atomic E-state index is 14.0. The van der Waals surface area contributed by atoms with Crippen molar-refractivity contribution in [2.45, 2.75) is 26.4 Å². The Kier molecular flexibility index (Phi) is 5.34. The van der Waals surface area contributed by atoms with Gasteiger partial charge in [-0.2, -0.15) is 5.10 Å². The van der Waals surface area contributed by atoms with Gasteiger partial charge in [0.25, 0.3) is 0 Å². The predicted octanol–water partition coefficient (Wildman–Crippen LogP) is 5.10. The zero-order chi connectivity index (χ0) is 18.8. The Morgan fingerprint density at radius 1 is 1.15 bits per heavy atom. The molecule has 0 saturated carbocycles. The van der Waals surface area contributed by atoms with Crippen LogP contribution >= 0.6 is 11.6 Å². The van der Waals surface area contributed by atoms with Crippen LogP contribution in [-0.4, -0.2) is 9.78 Å². The standard InChI is InChI=1S/C19H17ClF3N3/c1-11(24-9-15-16(20)4-3-5-17(15)22)14-10-25-26(12(14)2)19-7-6-13(21)8-18(19)23/h3-8,10-11,24H,9H2,1-2H3/t11-/m1/s1. The lowest BCUT2D eigenvalue weighted by Crippen LogP contribution is -2.19. The number of rotatable bonds is 5. The number of hydrogen-bond acceptors (Lipinski definition) is 2. The molecule has 26 heavy (non-hydrogen) atoms. The Hall–Kier alpha value is -2.31. The Balaban J connectivity index is 1.81. The van der Waals surface area contributed by atoms with Crippen LogP contribution in [0, 0.1) is 24.4 Å². The van der Waals surface area contributed by atoms with E-state index in [1.54, 1.807) is 25.3 Å². The van der Waals surface area contributed by atoms with E-state index in [2.05, 4.69) is 10.4 Å². The van der Waals surface area contributed by atoms with E-state index in [-0.39, 0.29) is 24.1 Å². The molecule has 0 aliphatic rings. The second-order valence-electron chi connectivity index (χ2n) is 6.00. The van der Waals surface area contributed by atoms with Crippen LogP contribution in [-0.2, 0) is 6.54 Å². The normalized spacial score (nSPS) is 12.4. The summed E-state index contributed by atoms with van der Waals surface area (Å²) in [5.74, 6) is -1.72. The SMILES string of the molecule is Cc1c([C@@H](C)NCc2c(F)cccc2Cl)cnn1-c1ccc(F)cc1F. The minimum absolute atomic E-state index is 0.166. The van der Waals surface area contributed by atoms with Gasteiger partial charge in [-0.05, 0) is 38.1 Å². The molecule has 0 spiro atoms. The molecule has 3 nitrogen and oxygen atoms in total. The van der Waals surface area contributed by atoms with Crippen molar-refractivity contribution in [2.75, 3.05) is 0 Å². The third kappa shape index (κ3) is 3.61. The van der Waals surface area contributed by atoms with Crippen LogP contribution in [0.2, 0.25) is 5.02 Å². The molecule has 1 aromatic heterocycles. The number of nitrogens with zero attached hydrogens (tertiary/aromatic N) is 2. The van der Waals surface area contributed by atoms with E-state index >= 15 is 0 Å². The third-order valence-electron chi connectivity index (χ3n) is 4.30. The molecule has 0 amide bonds. The number of halogens is 4. The molecule has 0 radical (unpaired) electrons. The Morgan fingerprint density at radius 3 is 2.62 bits per heavy atom. The van der Waals surface area contributed by atoms with Gasteiger partial charge in [0.05, 0.1) is 6.20 Å². The van der Waals surface area contributed by atoms with Gasteiger partial charge in [-0.15, -0.1) is 0 Å². The van der Waals surface area contributed by atoms with Crippen molar-refractivity contribution in [3.05, 3.63) is 81.9 Å². The molecular formula is C19H17ClF3N3. The summed E-state index contributed by atoms with van der Waals surface area (Å²) >= 11 is 6.04. The molecule has 2 aromatic carbocycles. The molecule has 3 rings (SSSR count). The molecule has 0 unspecified atom stereocenters. The van der Waals surface area contributed by atoms with E-state index in [0.29, 0.717) is 16.3 Å². The van der Waals surface area contributed by atoms with Crippen LogP contribution in [0.3, 0.4) is 0 Å². The van der Waals surface area contributed by atoms with Gasteiger partial charge in [0.1, 0.15) is 17.3 Å². The first-order chi connectivity index (χ1) is 12.4. The fourth-order valence-corrected chi connectivity index (χ4v) is 3.04. The fourth-order valence-electron chi connectivity index (χ4n) is 2.81. The molecule has 136 valence electrons. The molecule has 0 fully saturated rings. The van der Waals surface area contributed by atoms with Crippen molar-refractivity contribution < 1.29 is 13.2 Å². The molecule has 0 saturated heterocycles. The van der Waals surface area contributed by atoms with Gasteiger partial charge < -0.3 is 5.32 Å². The first-order valence-corrected chi connectivity index (χ1v) is 8.42. The summed E-state index contributed by atoms with van der Waals surface area (Å²) in [5.41, 5.74) is 2.08. The molecular weight excluding hydrogens is 363 g/mol. The minimum Gasteiger partial charge on any atom is -0.306 e. The molecule has 0 aliphatic heterocycles. The molecule has 0 aliphatic carbocycles. The van der Waals surface area contributed by atoms with Gasteiger partial charge in [-0.25, -0.2) is 17.9 Å². The van der Waals surface area contributed by atoms with Gasteiger partial charge in [0, 0.05) is 40.5 Å². The first-order valence-electron chi connectivity index (χ1n) is 8.04. The maximum absolute atomic E-state index is 14.0. The summed E-state index contributed by atoms with van der Waals surface area (Å²) in [5, 5.41) is 7.75. The van der Waals surface area contributed by atoms with E-state index in [9.17, 15) is 13.2 Å². The molecule has 1 atom stereocenters. The first kappa shape index (κ1) is 18.5. The average molecular weight is 380 g/mol. The van der Waals surface area contributed by atoms with Crippen LogP contribution in [0.25, 0.3) is 5.69 Å². The van der Waals surface area contributed by atoms with Crippen molar-refractivity contribution in [3.8, 4) is 5.69 Å². The van der Waals surface area contributed by atoms with Crippen LogP contribution in [0.15, 0.2) is 42.6 Å². The minimum atomic E-state index is -0.693. The highest BCUT2D eigenvalue weighted by atomic mass is 35.5. The smallest absolute Gasteiger partial charge is 0.151 e. The van der Waals surface area contributed by atoms with Crippen LogP contribution in [0.4, 0.5) is 13.2 Å². The van der Waals surface area contributed by atoms with E-state index in [4.69, 9.17) is 11.6 Å². The fraction of sp³-hybridized carbons (Fsp3) is 0.211. The number of nitrogens with one attached hydrogen (secondary N) is 1. The quantitative estimate of drug-likeness (QED) is 0.668. The number of aromatic nitrogens is 2. The highest BCUT2D eigenvalue weighted by molar-refractivity contribution is 6.31. The maximum Gasteiger partial charge on any atom is 0.151 e. The van der Waals surface area contributed by atoms with Crippen molar-refractivity contribution in [1.29, 1.82) is 0 Å². The van der Waals surface area contributed by atoms with Crippen molar-refractivity contribution >= 4 is 11.6 Å². The zero-order valence-electron chi connectivity index (χ0n) is 14.2. The summed E-state index contributed by atoms with van der Waals surface area (Å²) in [6.45, 7) is 3.92. The monoisotopic (exact) mass is 379 g/mol. The van der Waals surface area contributed by atoms with E-state index in [1.807, 2.05) is 6.92 Å². The zero-order valence-corrected chi connectivity index (χ0v) is 15.0. The second-order valence-corrected chi connectivity index (χ2v) is 6.40. The van der Waals surface area contributed by atoms with Gasteiger partial charge >= 0.3 is 0 Å². The Bertz CT molecular complexity index is 920. The lowest BCUT2D eigenvalue weighted by Gasteiger charge is -2.15.